The molecule has 0 aromatic heterocycles. The predicted molar refractivity (Wildman–Crippen MR) is 64.5 cm³/mol. The van der Waals surface area contributed by atoms with Crippen molar-refractivity contribution in [1.29, 1.82) is 0 Å². The highest BCUT2D eigenvalue weighted by atomic mass is 16.2. The first kappa shape index (κ1) is 17.5. The van der Waals surface area contributed by atoms with Crippen molar-refractivity contribution in [1.82, 2.24) is 16.1 Å². The lowest BCUT2D eigenvalue weighted by molar-refractivity contribution is -0.126. The second-order valence-electron chi connectivity index (χ2n) is 2.81. The number of hydrogen-bond donors (Lipinski definition) is 4. The van der Waals surface area contributed by atoms with Crippen molar-refractivity contribution >= 4 is 17.7 Å². The number of carbonyl (C=O) groups is 3. The average molecular weight is 244 g/mol. The van der Waals surface area contributed by atoms with E-state index in [0.717, 1.165) is 0 Å². The Balaban J connectivity index is 0. The van der Waals surface area contributed by atoms with Gasteiger partial charge in [-0.05, 0) is 6.92 Å². The van der Waals surface area contributed by atoms with E-state index in [0.29, 0.717) is 5.57 Å². The van der Waals surface area contributed by atoms with Crippen molar-refractivity contribution in [3.8, 4) is 0 Å². The lowest BCUT2D eigenvalue weighted by atomic mass is 10.3. The molecule has 0 aliphatic carbocycles. The molecule has 17 heavy (non-hydrogen) atoms. The van der Waals surface area contributed by atoms with Crippen molar-refractivity contribution in [3.05, 3.63) is 12.2 Å². The summed E-state index contributed by atoms with van der Waals surface area (Å²) in [6.07, 6.45) is 0. The lowest BCUT2D eigenvalue weighted by Gasteiger charge is -2.05. The van der Waals surface area contributed by atoms with E-state index in [1.54, 1.807) is 0 Å². The molecule has 0 aliphatic rings. The number of carbonyl (C=O) groups excluding carboxylic acids is 3. The maximum Gasteiger partial charge on any atom is 0.253 e. The maximum atomic E-state index is 11.0. The molecular weight excluding hydrogens is 224 g/mol. The summed E-state index contributed by atoms with van der Waals surface area (Å²) in [6, 6.07) is 0. The van der Waals surface area contributed by atoms with Crippen LogP contribution in [0.3, 0.4) is 0 Å². The molecule has 7 nitrogen and oxygen atoms in total. The third-order valence-electron chi connectivity index (χ3n) is 1.40. The highest BCUT2D eigenvalue weighted by molar-refractivity contribution is 5.95. The first-order valence-electron chi connectivity index (χ1n) is 5.17. The molecule has 3 amide bonds. The van der Waals surface area contributed by atoms with E-state index in [-0.39, 0.29) is 13.1 Å². The standard InChI is InChI=1S/C8H14N4O3.C2H6/c1-5(2)8(15)11-3-6(13)10-4-7(14)12-9;1-2/h1,3-4,9H2,2H3,(H,10,13)(H,11,15)(H,12,14);1-2H3. The highest BCUT2D eigenvalue weighted by Gasteiger charge is 2.06. The van der Waals surface area contributed by atoms with Crippen LogP contribution in [0.2, 0.25) is 0 Å². The highest BCUT2D eigenvalue weighted by Crippen LogP contribution is 1.83. The van der Waals surface area contributed by atoms with Gasteiger partial charge < -0.3 is 10.6 Å². The largest absolute Gasteiger partial charge is 0.345 e. The average Bonchev–Trinajstić information content (AvgIpc) is 2.34. The third-order valence-corrected chi connectivity index (χ3v) is 1.40. The van der Waals surface area contributed by atoms with Crippen molar-refractivity contribution in [2.45, 2.75) is 20.8 Å². The first-order valence-corrected chi connectivity index (χ1v) is 5.17. The summed E-state index contributed by atoms with van der Waals surface area (Å²) in [5, 5.41) is 4.56. The normalized spacial score (nSPS) is 8.24. The molecule has 0 unspecified atom stereocenters. The monoisotopic (exact) mass is 244 g/mol. The number of amides is 3. The van der Waals surface area contributed by atoms with E-state index in [1.807, 2.05) is 19.3 Å². The minimum atomic E-state index is -0.519. The molecule has 0 fully saturated rings. The van der Waals surface area contributed by atoms with E-state index >= 15 is 0 Å². The van der Waals surface area contributed by atoms with Crippen LogP contribution in [0.15, 0.2) is 12.2 Å². The molecule has 0 radical (unpaired) electrons. The van der Waals surface area contributed by atoms with Gasteiger partial charge in [-0.2, -0.15) is 0 Å². The first-order chi connectivity index (χ1) is 7.97. The number of rotatable bonds is 5. The Morgan fingerprint density at radius 3 is 1.94 bits per heavy atom. The lowest BCUT2D eigenvalue weighted by Crippen LogP contribution is -2.43. The fourth-order valence-electron chi connectivity index (χ4n) is 0.604. The molecule has 0 saturated carbocycles. The molecule has 0 aromatic carbocycles. The summed E-state index contributed by atoms with van der Waals surface area (Å²) in [6.45, 7) is 8.49. The van der Waals surface area contributed by atoms with Gasteiger partial charge in [0, 0.05) is 5.57 Å². The van der Waals surface area contributed by atoms with Gasteiger partial charge in [0.15, 0.2) is 0 Å². The van der Waals surface area contributed by atoms with E-state index in [1.165, 1.54) is 6.92 Å². The minimum Gasteiger partial charge on any atom is -0.345 e. The van der Waals surface area contributed by atoms with Crippen LogP contribution < -0.4 is 21.9 Å². The molecule has 0 bridgehead atoms. The number of hydrogen-bond acceptors (Lipinski definition) is 4. The van der Waals surface area contributed by atoms with Crippen LogP contribution in [-0.4, -0.2) is 30.8 Å². The van der Waals surface area contributed by atoms with E-state index in [9.17, 15) is 14.4 Å². The van der Waals surface area contributed by atoms with Gasteiger partial charge in [-0.1, -0.05) is 20.4 Å². The Kier molecular flexibility index (Phi) is 10.9. The molecule has 0 aromatic rings. The Bertz CT molecular complexity index is 289. The van der Waals surface area contributed by atoms with Crippen molar-refractivity contribution in [2.75, 3.05) is 13.1 Å². The molecule has 7 heteroatoms. The van der Waals surface area contributed by atoms with Gasteiger partial charge in [0.2, 0.25) is 11.8 Å². The minimum absolute atomic E-state index is 0.205. The Morgan fingerprint density at radius 2 is 1.53 bits per heavy atom. The van der Waals surface area contributed by atoms with Gasteiger partial charge in [-0.25, -0.2) is 5.84 Å². The maximum absolute atomic E-state index is 11.0. The SMILES string of the molecule is C=C(C)C(=O)NCC(=O)NCC(=O)NN.CC. The zero-order chi connectivity index (χ0) is 13.8. The summed E-state index contributed by atoms with van der Waals surface area (Å²) in [5.41, 5.74) is 2.16. The molecule has 98 valence electrons. The Labute approximate surface area is 101 Å². The molecule has 0 spiro atoms. The fourth-order valence-corrected chi connectivity index (χ4v) is 0.604. The van der Waals surface area contributed by atoms with Gasteiger partial charge in [0.25, 0.3) is 5.91 Å². The topological polar surface area (TPSA) is 113 Å². The van der Waals surface area contributed by atoms with Crippen LogP contribution in [0.25, 0.3) is 0 Å². The van der Waals surface area contributed by atoms with Gasteiger partial charge in [-0.3, -0.25) is 19.8 Å². The summed E-state index contributed by atoms with van der Waals surface area (Å²) < 4.78 is 0. The summed E-state index contributed by atoms with van der Waals surface area (Å²) >= 11 is 0. The van der Waals surface area contributed by atoms with Gasteiger partial charge in [0.1, 0.15) is 0 Å². The zero-order valence-corrected chi connectivity index (χ0v) is 10.4. The number of hydrazine groups is 1. The quantitative estimate of drug-likeness (QED) is 0.211. The second kappa shape index (κ2) is 10.6. The second-order valence-corrected chi connectivity index (χ2v) is 2.81. The van der Waals surface area contributed by atoms with E-state index < -0.39 is 17.7 Å². The van der Waals surface area contributed by atoms with Crippen LogP contribution in [0.5, 0.6) is 0 Å². The smallest absolute Gasteiger partial charge is 0.253 e. The summed E-state index contributed by atoms with van der Waals surface area (Å²) in [7, 11) is 0. The van der Waals surface area contributed by atoms with Gasteiger partial charge in [-0.15, -0.1) is 0 Å². The zero-order valence-electron chi connectivity index (χ0n) is 10.4. The summed E-state index contributed by atoms with van der Waals surface area (Å²) in [4.78, 5) is 32.6. The van der Waals surface area contributed by atoms with Gasteiger partial charge in [0.05, 0.1) is 13.1 Å². The molecular formula is C10H20N4O3. The van der Waals surface area contributed by atoms with E-state index in [2.05, 4.69) is 17.2 Å². The Morgan fingerprint density at radius 1 is 1.06 bits per heavy atom. The fraction of sp³-hybridized carbons (Fsp3) is 0.500. The van der Waals surface area contributed by atoms with Crippen molar-refractivity contribution in [3.63, 3.8) is 0 Å². The van der Waals surface area contributed by atoms with Crippen LogP contribution in [0, 0.1) is 0 Å². The number of nitrogens with one attached hydrogen (secondary N) is 3. The van der Waals surface area contributed by atoms with Crippen molar-refractivity contribution in [2.24, 2.45) is 5.84 Å². The third kappa shape index (κ3) is 10.4. The van der Waals surface area contributed by atoms with Crippen LogP contribution >= 0.6 is 0 Å². The molecule has 5 N–H and O–H groups in total. The van der Waals surface area contributed by atoms with E-state index in [4.69, 9.17) is 5.84 Å². The van der Waals surface area contributed by atoms with Crippen molar-refractivity contribution < 1.29 is 14.4 Å². The summed E-state index contributed by atoms with van der Waals surface area (Å²) in [5.74, 6) is 3.38. The molecule has 0 heterocycles. The molecule has 0 saturated heterocycles. The predicted octanol–water partition coefficient (Wildman–Crippen LogP) is -1.19. The Hall–Kier alpha value is -1.89. The number of nitrogens with two attached hydrogens (primary N) is 1. The van der Waals surface area contributed by atoms with Crippen LogP contribution in [0.1, 0.15) is 20.8 Å². The molecule has 0 atom stereocenters. The molecule has 0 aliphatic heterocycles. The van der Waals surface area contributed by atoms with Crippen LogP contribution in [0.4, 0.5) is 0 Å². The van der Waals surface area contributed by atoms with Crippen LogP contribution in [-0.2, 0) is 14.4 Å². The molecule has 0 rings (SSSR count). The van der Waals surface area contributed by atoms with Gasteiger partial charge >= 0.3 is 0 Å².